The van der Waals surface area contributed by atoms with Crippen LogP contribution in [0.4, 0.5) is 11.8 Å². The van der Waals surface area contributed by atoms with Crippen molar-refractivity contribution in [2.45, 2.75) is 13.3 Å². The average molecular weight is 278 g/mol. The van der Waals surface area contributed by atoms with Gasteiger partial charge in [-0.3, -0.25) is 0 Å². The second-order valence-electron chi connectivity index (χ2n) is 4.83. The van der Waals surface area contributed by atoms with Crippen LogP contribution < -0.4 is 10.6 Å². The zero-order chi connectivity index (χ0) is 13.2. The van der Waals surface area contributed by atoms with E-state index in [4.69, 9.17) is 4.74 Å². The third kappa shape index (κ3) is 2.64. The van der Waals surface area contributed by atoms with Gasteiger partial charge in [0.2, 0.25) is 5.95 Å². The number of aromatic nitrogens is 2. The molecule has 0 aromatic carbocycles. The Labute approximate surface area is 116 Å². The van der Waals surface area contributed by atoms with Gasteiger partial charge in [-0.2, -0.15) is 4.98 Å². The van der Waals surface area contributed by atoms with Crippen molar-refractivity contribution in [2.75, 3.05) is 37.4 Å². The van der Waals surface area contributed by atoms with Crippen molar-refractivity contribution in [3.63, 3.8) is 0 Å². The molecule has 0 amide bonds. The van der Waals surface area contributed by atoms with E-state index in [0.29, 0.717) is 11.9 Å². The van der Waals surface area contributed by atoms with Gasteiger partial charge in [-0.15, -0.1) is 11.3 Å². The third-order valence-electron chi connectivity index (χ3n) is 3.32. The summed E-state index contributed by atoms with van der Waals surface area (Å²) in [4.78, 5) is 11.3. The number of hydrogen-bond donors (Lipinski definition) is 2. The molecule has 1 fully saturated rings. The number of nitrogens with zero attached hydrogens (tertiary/aromatic N) is 2. The van der Waals surface area contributed by atoms with Crippen molar-refractivity contribution in [3.8, 4) is 0 Å². The maximum absolute atomic E-state index is 5.40. The molecule has 0 spiro atoms. The molecule has 1 aliphatic rings. The molecule has 0 saturated carbocycles. The number of ether oxygens (including phenoxy) is 1. The van der Waals surface area contributed by atoms with Gasteiger partial charge in [0.05, 0.1) is 12.0 Å². The van der Waals surface area contributed by atoms with Crippen molar-refractivity contribution in [3.05, 3.63) is 10.9 Å². The maximum atomic E-state index is 5.40. The Bertz CT molecular complexity index is 577. The molecular formula is C13H18N4OS. The molecule has 2 N–H and O–H groups in total. The molecule has 102 valence electrons. The van der Waals surface area contributed by atoms with Crippen LogP contribution in [0.3, 0.4) is 0 Å². The predicted molar refractivity (Wildman–Crippen MR) is 79.1 cm³/mol. The van der Waals surface area contributed by atoms with Crippen LogP contribution in [0.1, 0.15) is 11.3 Å². The van der Waals surface area contributed by atoms with E-state index in [9.17, 15) is 0 Å². The van der Waals surface area contributed by atoms with E-state index >= 15 is 0 Å². The third-order valence-corrected chi connectivity index (χ3v) is 4.27. The van der Waals surface area contributed by atoms with Gasteiger partial charge >= 0.3 is 0 Å². The molecule has 1 unspecified atom stereocenters. The SMILES string of the molecule is CNc1nc(NCC2CCOC2)c2cc(C)sc2n1. The predicted octanol–water partition coefficient (Wildman–Crippen LogP) is 2.49. The van der Waals surface area contributed by atoms with Crippen molar-refractivity contribution in [1.82, 2.24) is 9.97 Å². The largest absolute Gasteiger partial charge is 0.381 e. The lowest BCUT2D eigenvalue weighted by Crippen LogP contribution is -2.15. The molecule has 1 saturated heterocycles. The Morgan fingerprint density at radius 3 is 3.11 bits per heavy atom. The van der Waals surface area contributed by atoms with Crippen molar-refractivity contribution in [1.29, 1.82) is 0 Å². The number of thiophene rings is 1. The summed E-state index contributed by atoms with van der Waals surface area (Å²) in [6.45, 7) is 4.73. The number of rotatable bonds is 4. The zero-order valence-corrected chi connectivity index (χ0v) is 12.0. The van der Waals surface area contributed by atoms with E-state index in [0.717, 1.165) is 42.2 Å². The van der Waals surface area contributed by atoms with Gasteiger partial charge in [-0.1, -0.05) is 0 Å². The van der Waals surface area contributed by atoms with Gasteiger partial charge < -0.3 is 15.4 Å². The van der Waals surface area contributed by atoms with Crippen LogP contribution in [0.5, 0.6) is 0 Å². The fourth-order valence-electron chi connectivity index (χ4n) is 2.27. The minimum atomic E-state index is 0.586. The number of aryl methyl sites for hydroxylation is 1. The highest BCUT2D eigenvalue weighted by atomic mass is 32.1. The van der Waals surface area contributed by atoms with Crippen molar-refractivity contribution < 1.29 is 4.74 Å². The Morgan fingerprint density at radius 2 is 2.37 bits per heavy atom. The normalized spacial score (nSPS) is 18.9. The molecule has 0 bridgehead atoms. The smallest absolute Gasteiger partial charge is 0.225 e. The van der Waals surface area contributed by atoms with Crippen LogP contribution >= 0.6 is 11.3 Å². The lowest BCUT2D eigenvalue weighted by molar-refractivity contribution is 0.187. The monoisotopic (exact) mass is 278 g/mol. The van der Waals surface area contributed by atoms with Gasteiger partial charge in [-0.25, -0.2) is 4.98 Å². The second kappa shape index (κ2) is 5.30. The second-order valence-corrected chi connectivity index (χ2v) is 6.07. The Kier molecular flexibility index (Phi) is 3.52. The Hall–Kier alpha value is -1.40. The molecule has 3 rings (SSSR count). The number of anilines is 2. The van der Waals surface area contributed by atoms with Crippen molar-refractivity contribution in [2.24, 2.45) is 5.92 Å². The molecule has 0 radical (unpaired) electrons. The number of hydrogen-bond acceptors (Lipinski definition) is 6. The Balaban J connectivity index is 1.86. The van der Waals surface area contributed by atoms with Crippen LogP contribution in [0.15, 0.2) is 6.07 Å². The van der Waals surface area contributed by atoms with Gasteiger partial charge in [0.15, 0.2) is 0 Å². The van der Waals surface area contributed by atoms with E-state index in [1.807, 2.05) is 7.05 Å². The first kappa shape index (κ1) is 12.6. The fraction of sp³-hybridized carbons (Fsp3) is 0.538. The summed E-state index contributed by atoms with van der Waals surface area (Å²) in [6, 6.07) is 2.15. The lowest BCUT2D eigenvalue weighted by Gasteiger charge is -2.11. The first-order chi connectivity index (χ1) is 9.26. The molecule has 1 aliphatic heterocycles. The number of fused-ring (bicyclic) bond motifs is 1. The summed E-state index contributed by atoms with van der Waals surface area (Å²) in [6.07, 6.45) is 1.13. The summed E-state index contributed by atoms with van der Waals surface area (Å²) >= 11 is 1.70. The fourth-order valence-corrected chi connectivity index (χ4v) is 3.15. The van der Waals surface area contributed by atoms with Crippen LogP contribution in [0.25, 0.3) is 10.2 Å². The van der Waals surface area contributed by atoms with E-state index in [1.165, 1.54) is 4.88 Å². The van der Waals surface area contributed by atoms with Gasteiger partial charge in [-0.05, 0) is 19.4 Å². The summed E-state index contributed by atoms with van der Waals surface area (Å²) < 4.78 is 5.40. The summed E-state index contributed by atoms with van der Waals surface area (Å²) in [5.41, 5.74) is 0. The highest BCUT2D eigenvalue weighted by Gasteiger charge is 2.17. The molecular weight excluding hydrogens is 260 g/mol. The summed E-state index contributed by atoms with van der Waals surface area (Å²) in [7, 11) is 1.84. The molecule has 2 aromatic rings. The quantitative estimate of drug-likeness (QED) is 0.900. The molecule has 19 heavy (non-hydrogen) atoms. The van der Waals surface area contributed by atoms with E-state index in [-0.39, 0.29) is 0 Å². The Morgan fingerprint density at radius 1 is 1.47 bits per heavy atom. The maximum Gasteiger partial charge on any atom is 0.225 e. The summed E-state index contributed by atoms with van der Waals surface area (Å²) in [5.74, 6) is 2.17. The molecule has 2 aromatic heterocycles. The van der Waals surface area contributed by atoms with Gasteiger partial charge in [0.25, 0.3) is 0 Å². The number of nitrogens with one attached hydrogen (secondary N) is 2. The molecule has 1 atom stereocenters. The van der Waals surface area contributed by atoms with Crippen LogP contribution in [0.2, 0.25) is 0 Å². The zero-order valence-electron chi connectivity index (χ0n) is 11.2. The van der Waals surface area contributed by atoms with Crippen LogP contribution in [-0.4, -0.2) is 36.8 Å². The minimum Gasteiger partial charge on any atom is -0.381 e. The molecule has 5 nitrogen and oxygen atoms in total. The highest BCUT2D eigenvalue weighted by molar-refractivity contribution is 7.18. The van der Waals surface area contributed by atoms with Gasteiger partial charge in [0, 0.05) is 31.0 Å². The average Bonchev–Trinajstić information content (AvgIpc) is 3.03. The van der Waals surface area contributed by atoms with E-state index < -0.39 is 0 Å². The van der Waals surface area contributed by atoms with Crippen LogP contribution in [0, 0.1) is 12.8 Å². The van der Waals surface area contributed by atoms with E-state index in [1.54, 1.807) is 11.3 Å². The van der Waals surface area contributed by atoms with E-state index in [2.05, 4.69) is 33.6 Å². The summed E-state index contributed by atoms with van der Waals surface area (Å²) in [5, 5.41) is 7.58. The minimum absolute atomic E-state index is 0.586. The molecule has 3 heterocycles. The standard InChI is InChI=1S/C13H18N4OS/c1-8-5-10-11(15-6-9-3-4-18-7-9)16-13(14-2)17-12(10)19-8/h5,9H,3-4,6-7H2,1-2H3,(H2,14,15,16,17). The molecule has 6 heteroatoms. The lowest BCUT2D eigenvalue weighted by atomic mass is 10.1. The van der Waals surface area contributed by atoms with Crippen molar-refractivity contribution >= 4 is 33.3 Å². The van der Waals surface area contributed by atoms with Gasteiger partial charge in [0.1, 0.15) is 10.6 Å². The first-order valence-corrected chi connectivity index (χ1v) is 7.35. The highest BCUT2D eigenvalue weighted by Crippen LogP contribution is 2.29. The van der Waals surface area contributed by atoms with Crippen LogP contribution in [-0.2, 0) is 4.74 Å². The first-order valence-electron chi connectivity index (χ1n) is 6.54. The molecule has 0 aliphatic carbocycles. The topological polar surface area (TPSA) is 59.1 Å².